The molecule has 5 heteroatoms. The Morgan fingerprint density at radius 2 is 2.25 bits per heavy atom. The Labute approximate surface area is 124 Å². The normalized spacial score (nSPS) is 16.6. The lowest BCUT2D eigenvalue weighted by molar-refractivity contribution is 0.527. The highest BCUT2D eigenvalue weighted by Gasteiger charge is 2.31. The van der Waals surface area contributed by atoms with E-state index in [1.807, 2.05) is 25.7 Å². The molecule has 0 bridgehead atoms. The molecule has 4 nitrogen and oxygen atoms in total. The summed E-state index contributed by atoms with van der Waals surface area (Å²) in [7, 11) is 3.99. The molecule has 1 fully saturated rings. The summed E-state index contributed by atoms with van der Waals surface area (Å²) in [6, 6.07) is 2.69. The van der Waals surface area contributed by atoms with E-state index >= 15 is 0 Å². The van der Waals surface area contributed by atoms with Crippen LogP contribution >= 0.6 is 11.6 Å². The molecule has 1 atom stereocenters. The van der Waals surface area contributed by atoms with Gasteiger partial charge >= 0.3 is 0 Å². The van der Waals surface area contributed by atoms with Crippen LogP contribution < -0.4 is 5.32 Å². The van der Waals surface area contributed by atoms with Crippen molar-refractivity contribution in [2.75, 3.05) is 7.05 Å². The zero-order valence-electron chi connectivity index (χ0n) is 12.2. The maximum absolute atomic E-state index is 6.31. The van der Waals surface area contributed by atoms with Crippen LogP contribution in [0.3, 0.4) is 0 Å². The molecule has 1 saturated carbocycles. The molecule has 1 aliphatic carbocycles. The first-order chi connectivity index (χ1) is 9.60. The number of nitrogens with zero attached hydrogens (tertiary/aromatic N) is 3. The highest BCUT2D eigenvalue weighted by molar-refractivity contribution is 6.31. The van der Waals surface area contributed by atoms with E-state index in [0.29, 0.717) is 6.04 Å². The van der Waals surface area contributed by atoms with E-state index in [9.17, 15) is 0 Å². The van der Waals surface area contributed by atoms with Crippen molar-refractivity contribution in [3.63, 3.8) is 0 Å². The smallest absolute Gasteiger partial charge is 0.0865 e. The fourth-order valence-corrected chi connectivity index (χ4v) is 3.09. The number of halogens is 1. The molecule has 20 heavy (non-hydrogen) atoms. The van der Waals surface area contributed by atoms with Crippen LogP contribution in [0.5, 0.6) is 0 Å². The van der Waals surface area contributed by atoms with Gasteiger partial charge in [-0.1, -0.05) is 11.6 Å². The average Bonchev–Trinajstić information content (AvgIpc) is 3.09. The molecule has 0 saturated heterocycles. The average molecular weight is 293 g/mol. The van der Waals surface area contributed by atoms with Gasteiger partial charge < -0.3 is 9.88 Å². The largest absolute Gasteiger partial charge is 0.348 e. The highest BCUT2D eigenvalue weighted by Crippen LogP contribution is 2.40. The Hall–Kier alpha value is -1.26. The number of hydrogen-bond donors (Lipinski definition) is 1. The van der Waals surface area contributed by atoms with Crippen LogP contribution in [0, 0.1) is 12.8 Å². The van der Waals surface area contributed by atoms with Gasteiger partial charge in [-0.15, -0.1) is 0 Å². The van der Waals surface area contributed by atoms with Gasteiger partial charge in [-0.2, -0.15) is 5.10 Å². The van der Waals surface area contributed by atoms with E-state index in [2.05, 4.69) is 33.4 Å². The molecule has 1 unspecified atom stereocenters. The first-order valence-electron chi connectivity index (χ1n) is 7.11. The first kappa shape index (κ1) is 13.7. The van der Waals surface area contributed by atoms with Crippen molar-refractivity contribution in [3.8, 4) is 0 Å². The molecule has 2 heterocycles. The highest BCUT2D eigenvalue weighted by atomic mass is 35.5. The Morgan fingerprint density at radius 3 is 2.80 bits per heavy atom. The number of rotatable bonds is 5. The lowest BCUT2D eigenvalue weighted by Crippen LogP contribution is -2.17. The Balaban J connectivity index is 1.80. The Kier molecular flexibility index (Phi) is 3.61. The van der Waals surface area contributed by atoms with Crippen LogP contribution in [0.1, 0.15) is 35.8 Å². The fourth-order valence-electron chi connectivity index (χ4n) is 2.87. The fraction of sp³-hybridized carbons (Fsp3) is 0.533. The third-order valence-electron chi connectivity index (χ3n) is 4.13. The van der Waals surface area contributed by atoms with Gasteiger partial charge in [-0.3, -0.25) is 4.68 Å². The summed E-state index contributed by atoms with van der Waals surface area (Å²) in [5, 5.41) is 8.56. The van der Waals surface area contributed by atoms with E-state index in [4.69, 9.17) is 11.6 Å². The number of aryl methyl sites for hydroxylation is 2. The van der Waals surface area contributed by atoms with Gasteiger partial charge in [0.25, 0.3) is 0 Å². The standard InChI is InChI=1S/C15H21ClN4/c1-10-14(16)13(19(3)18-10)9-20-7-6-12(8-20)15(17-2)11-4-5-11/h6-8,11,15,17H,4-5,9H2,1-3H3. The van der Waals surface area contributed by atoms with Gasteiger partial charge in [0.2, 0.25) is 0 Å². The van der Waals surface area contributed by atoms with Crippen LogP contribution in [-0.2, 0) is 13.6 Å². The molecule has 3 rings (SSSR count). The van der Waals surface area contributed by atoms with E-state index in [-0.39, 0.29) is 0 Å². The molecule has 0 aliphatic heterocycles. The number of nitrogens with one attached hydrogen (secondary N) is 1. The first-order valence-corrected chi connectivity index (χ1v) is 7.49. The van der Waals surface area contributed by atoms with E-state index in [0.717, 1.165) is 28.9 Å². The van der Waals surface area contributed by atoms with Crippen LogP contribution in [0.2, 0.25) is 5.02 Å². The third kappa shape index (κ3) is 2.50. The summed E-state index contributed by atoms with van der Waals surface area (Å²) in [6.45, 7) is 2.70. The van der Waals surface area contributed by atoms with Crippen molar-refractivity contribution in [3.05, 3.63) is 40.4 Å². The Bertz CT molecular complexity index is 609. The Morgan fingerprint density at radius 1 is 1.50 bits per heavy atom. The SMILES string of the molecule is CNC(c1ccn(Cc2c(Cl)c(C)nn2C)c1)C1CC1. The quantitative estimate of drug-likeness (QED) is 0.919. The van der Waals surface area contributed by atoms with Crippen molar-refractivity contribution < 1.29 is 0 Å². The topological polar surface area (TPSA) is 34.8 Å². The van der Waals surface area contributed by atoms with Crippen molar-refractivity contribution in [1.29, 1.82) is 0 Å². The summed E-state index contributed by atoms with van der Waals surface area (Å²) in [6.07, 6.45) is 7.02. The van der Waals surface area contributed by atoms with Crippen LogP contribution in [0.4, 0.5) is 0 Å². The molecule has 108 valence electrons. The predicted octanol–water partition coefficient (Wildman–Crippen LogP) is 2.90. The third-order valence-corrected chi connectivity index (χ3v) is 4.62. The van der Waals surface area contributed by atoms with Crippen molar-refractivity contribution in [2.45, 2.75) is 32.4 Å². The number of aromatic nitrogens is 3. The van der Waals surface area contributed by atoms with Crippen molar-refractivity contribution in [2.24, 2.45) is 13.0 Å². The van der Waals surface area contributed by atoms with Gasteiger partial charge in [0.1, 0.15) is 0 Å². The zero-order valence-corrected chi connectivity index (χ0v) is 13.0. The van der Waals surface area contributed by atoms with Crippen molar-refractivity contribution in [1.82, 2.24) is 19.7 Å². The summed E-state index contributed by atoms with van der Waals surface area (Å²) in [5.41, 5.74) is 3.31. The van der Waals surface area contributed by atoms with E-state index in [1.54, 1.807) is 0 Å². The maximum atomic E-state index is 6.31. The van der Waals surface area contributed by atoms with E-state index in [1.165, 1.54) is 18.4 Å². The van der Waals surface area contributed by atoms with Gasteiger partial charge in [-0.25, -0.2) is 0 Å². The summed E-state index contributed by atoms with van der Waals surface area (Å²) in [5.74, 6) is 0.804. The number of hydrogen-bond acceptors (Lipinski definition) is 2. The molecule has 0 aromatic carbocycles. The van der Waals surface area contributed by atoms with Crippen LogP contribution in [0.15, 0.2) is 18.5 Å². The minimum absolute atomic E-state index is 0.486. The maximum Gasteiger partial charge on any atom is 0.0865 e. The van der Waals surface area contributed by atoms with Gasteiger partial charge in [0.05, 0.1) is 23.0 Å². The summed E-state index contributed by atoms with van der Waals surface area (Å²) >= 11 is 6.31. The molecular weight excluding hydrogens is 272 g/mol. The lowest BCUT2D eigenvalue weighted by Gasteiger charge is -2.13. The minimum Gasteiger partial charge on any atom is -0.348 e. The second kappa shape index (κ2) is 5.26. The van der Waals surface area contributed by atoms with Crippen molar-refractivity contribution >= 4 is 11.6 Å². The van der Waals surface area contributed by atoms with Crippen LogP contribution in [-0.4, -0.2) is 21.4 Å². The molecule has 2 aromatic heterocycles. The lowest BCUT2D eigenvalue weighted by atomic mass is 10.1. The van der Waals surface area contributed by atoms with Gasteiger partial charge in [-0.05, 0) is 44.4 Å². The molecule has 0 radical (unpaired) electrons. The molecule has 1 aliphatic rings. The predicted molar refractivity (Wildman–Crippen MR) is 81.0 cm³/mol. The molecule has 0 amide bonds. The monoisotopic (exact) mass is 292 g/mol. The van der Waals surface area contributed by atoms with E-state index < -0.39 is 0 Å². The second-order valence-corrected chi connectivity index (χ2v) is 6.07. The summed E-state index contributed by atoms with van der Waals surface area (Å²) in [4.78, 5) is 0. The molecule has 0 spiro atoms. The summed E-state index contributed by atoms with van der Waals surface area (Å²) < 4.78 is 4.05. The molecular formula is C15H21ClN4. The van der Waals surface area contributed by atoms with Gasteiger partial charge in [0.15, 0.2) is 0 Å². The van der Waals surface area contributed by atoms with Gasteiger partial charge in [0, 0.05) is 25.5 Å². The molecule has 2 aromatic rings. The van der Waals surface area contributed by atoms with Crippen LogP contribution in [0.25, 0.3) is 0 Å². The second-order valence-electron chi connectivity index (χ2n) is 5.69. The minimum atomic E-state index is 0.486. The zero-order chi connectivity index (χ0) is 14.3. The molecule has 1 N–H and O–H groups in total.